The van der Waals surface area contributed by atoms with E-state index in [9.17, 15) is 27.5 Å². The maximum Gasteiger partial charge on any atom is 0.321 e. The molecule has 1 aliphatic heterocycles. The largest absolute Gasteiger partial charge is 0.488 e. The molecule has 0 aliphatic carbocycles. The van der Waals surface area contributed by atoms with E-state index in [1.807, 2.05) is 6.92 Å². The Morgan fingerprint density at radius 1 is 1.23 bits per heavy atom. The lowest BCUT2D eigenvalue weighted by atomic mass is 10.0. The molecule has 3 N–H and O–H groups in total. The number of aromatic nitrogens is 1. The third-order valence-electron chi connectivity index (χ3n) is 7.36. The zero-order chi connectivity index (χ0) is 31.5. The van der Waals surface area contributed by atoms with E-state index in [1.165, 1.54) is 17.0 Å². The van der Waals surface area contributed by atoms with Crippen LogP contribution >= 0.6 is 0 Å². The Hall–Kier alpha value is -4.17. The van der Waals surface area contributed by atoms with Gasteiger partial charge in [0, 0.05) is 30.8 Å². The lowest BCUT2D eigenvalue weighted by Crippen LogP contribution is -2.48. The van der Waals surface area contributed by atoms with Crippen LogP contribution in [0.25, 0.3) is 0 Å². The second-order valence-corrected chi connectivity index (χ2v) is 12.5. The van der Waals surface area contributed by atoms with Gasteiger partial charge < -0.3 is 29.5 Å². The number of sulfonamides is 1. The molecule has 12 nitrogen and oxygen atoms in total. The summed E-state index contributed by atoms with van der Waals surface area (Å²) < 4.78 is 53.2. The second-order valence-electron chi connectivity index (χ2n) is 10.8. The number of aliphatic hydroxyl groups is 1. The van der Waals surface area contributed by atoms with Gasteiger partial charge in [-0.2, -0.15) is 0 Å². The van der Waals surface area contributed by atoms with Crippen LogP contribution in [-0.4, -0.2) is 79.3 Å². The average Bonchev–Trinajstić information content (AvgIpc) is 3.29. The quantitative estimate of drug-likeness (QED) is 0.347. The SMILES string of the molecule is Cc1noc(C)c1NC(=O)N(C)C[C@@H]1Oc2ccc(NS(=O)(=O)c3ccc(F)cc3)cc2CC(=O)N([C@H](C)CO)C[C@H]1C. The highest BCUT2D eigenvalue weighted by atomic mass is 32.2. The lowest BCUT2D eigenvalue weighted by molar-refractivity contribution is -0.134. The molecule has 0 fully saturated rings. The van der Waals surface area contributed by atoms with Crippen LogP contribution in [0.5, 0.6) is 5.75 Å². The van der Waals surface area contributed by atoms with Crippen molar-refractivity contribution in [3.8, 4) is 5.75 Å². The maximum atomic E-state index is 13.5. The zero-order valence-corrected chi connectivity index (χ0v) is 25.4. The van der Waals surface area contributed by atoms with Gasteiger partial charge in [0.25, 0.3) is 10.0 Å². The molecule has 2 heterocycles. The van der Waals surface area contributed by atoms with Crippen molar-refractivity contribution < 1.29 is 36.8 Å². The Labute approximate surface area is 249 Å². The summed E-state index contributed by atoms with van der Waals surface area (Å²) in [6, 6.07) is 8.10. The molecular formula is C29H36FN5O7S. The molecule has 3 aromatic rings. The Morgan fingerprint density at radius 3 is 2.56 bits per heavy atom. The summed E-state index contributed by atoms with van der Waals surface area (Å²) in [6.45, 7) is 7.18. The highest BCUT2D eigenvalue weighted by Gasteiger charge is 2.32. The van der Waals surface area contributed by atoms with Crippen molar-refractivity contribution in [3.63, 3.8) is 0 Å². The smallest absolute Gasteiger partial charge is 0.321 e. The van der Waals surface area contributed by atoms with E-state index in [2.05, 4.69) is 15.2 Å². The predicted octanol–water partition coefficient (Wildman–Crippen LogP) is 3.54. The molecule has 14 heteroatoms. The molecule has 3 amide bonds. The maximum absolute atomic E-state index is 13.5. The number of benzene rings is 2. The first-order valence-corrected chi connectivity index (χ1v) is 15.2. The molecule has 0 unspecified atom stereocenters. The van der Waals surface area contributed by atoms with Gasteiger partial charge in [-0.15, -0.1) is 0 Å². The summed E-state index contributed by atoms with van der Waals surface area (Å²) in [5.74, 6) is -0.285. The molecule has 0 bridgehead atoms. The molecule has 4 rings (SSSR count). The Morgan fingerprint density at radius 2 is 1.93 bits per heavy atom. The minimum absolute atomic E-state index is 0.117. The molecule has 0 radical (unpaired) electrons. The molecule has 43 heavy (non-hydrogen) atoms. The van der Waals surface area contributed by atoms with Crippen LogP contribution in [0, 0.1) is 25.6 Å². The van der Waals surface area contributed by atoms with Crippen molar-refractivity contribution in [1.82, 2.24) is 15.0 Å². The highest BCUT2D eigenvalue weighted by molar-refractivity contribution is 7.92. The Bertz CT molecular complexity index is 1560. The molecule has 2 aromatic carbocycles. The number of amides is 3. The number of nitrogens with one attached hydrogen (secondary N) is 2. The zero-order valence-electron chi connectivity index (χ0n) is 24.6. The van der Waals surface area contributed by atoms with Crippen LogP contribution < -0.4 is 14.8 Å². The second kappa shape index (κ2) is 13.0. The Kier molecular flexibility index (Phi) is 9.60. The number of ether oxygens (including phenoxy) is 1. The molecule has 1 aliphatic rings. The van der Waals surface area contributed by atoms with Gasteiger partial charge in [-0.3, -0.25) is 9.52 Å². The number of carbonyl (C=O) groups is 2. The minimum atomic E-state index is -4.04. The topological polar surface area (TPSA) is 154 Å². The van der Waals surface area contributed by atoms with E-state index in [1.54, 1.807) is 38.8 Å². The number of carbonyl (C=O) groups excluding carboxylic acids is 2. The standard InChI is InChI=1S/C29H36FN5O7S/c1-17-14-35(18(2)16-36)27(37)13-21-12-23(33-43(39,40)24-9-6-22(30)7-10-24)8-11-25(21)41-26(17)15-34(5)29(38)31-28-19(3)32-42-20(28)4/h6-12,17-18,26,33,36H,13-16H2,1-5H3,(H,31,38)/t17-,18-,26+/m1/s1. The highest BCUT2D eigenvalue weighted by Crippen LogP contribution is 2.30. The number of hydrogen-bond donors (Lipinski definition) is 3. The number of nitrogens with zero attached hydrogens (tertiary/aromatic N) is 3. The third kappa shape index (κ3) is 7.43. The van der Waals surface area contributed by atoms with Crippen LogP contribution in [0.3, 0.4) is 0 Å². The average molecular weight is 618 g/mol. The van der Waals surface area contributed by atoms with Crippen LogP contribution in [0.2, 0.25) is 0 Å². The first kappa shape index (κ1) is 31.8. The van der Waals surface area contributed by atoms with E-state index in [0.717, 1.165) is 24.3 Å². The van der Waals surface area contributed by atoms with Crippen LogP contribution in [-0.2, 0) is 21.2 Å². The molecule has 0 spiro atoms. The van der Waals surface area contributed by atoms with Gasteiger partial charge in [-0.1, -0.05) is 12.1 Å². The summed E-state index contributed by atoms with van der Waals surface area (Å²) in [5.41, 5.74) is 1.62. The predicted molar refractivity (Wildman–Crippen MR) is 157 cm³/mol. The van der Waals surface area contributed by atoms with Crippen LogP contribution in [0.4, 0.5) is 20.6 Å². The van der Waals surface area contributed by atoms with Crippen molar-refractivity contribution >= 4 is 33.3 Å². The summed E-state index contributed by atoms with van der Waals surface area (Å²) in [5, 5.41) is 16.5. The lowest BCUT2D eigenvalue weighted by Gasteiger charge is -2.34. The summed E-state index contributed by atoms with van der Waals surface area (Å²) in [7, 11) is -2.43. The number of hydrogen-bond acceptors (Lipinski definition) is 8. The first-order chi connectivity index (χ1) is 20.3. The first-order valence-electron chi connectivity index (χ1n) is 13.7. The fraction of sp³-hybridized carbons (Fsp3) is 0.414. The third-order valence-corrected chi connectivity index (χ3v) is 8.76. The number of fused-ring (bicyclic) bond motifs is 1. The van der Waals surface area contributed by atoms with Crippen LogP contribution in [0.15, 0.2) is 51.9 Å². The molecule has 0 saturated carbocycles. The van der Waals surface area contributed by atoms with Gasteiger partial charge in [0.2, 0.25) is 5.91 Å². The van der Waals surface area contributed by atoms with Gasteiger partial charge in [-0.05, 0) is 63.2 Å². The number of halogens is 1. The summed E-state index contributed by atoms with van der Waals surface area (Å²) in [6.07, 6.45) is -0.701. The summed E-state index contributed by atoms with van der Waals surface area (Å²) in [4.78, 5) is 29.4. The number of rotatable bonds is 8. The van der Waals surface area contributed by atoms with Crippen molar-refractivity contribution in [2.75, 3.05) is 36.8 Å². The van der Waals surface area contributed by atoms with Gasteiger partial charge >= 0.3 is 6.03 Å². The Balaban J connectivity index is 1.62. The van der Waals surface area contributed by atoms with E-state index >= 15 is 0 Å². The van der Waals surface area contributed by atoms with Crippen molar-refractivity contribution in [1.29, 1.82) is 0 Å². The number of anilines is 2. The fourth-order valence-corrected chi connectivity index (χ4v) is 5.80. The number of aliphatic hydroxyl groups excluding tert-OH is 1. The van der Waals surface area contributed by atoms with Gasteiger partial charge in [-0.25, -0.2) is 17.6 Å². The van der Waals surface area contributed by atoms with Gasteiger partial charge in [0.15, 0.2) is 5.76 Å². The van der Waals surface area contributed by atoms with E-state index in [4.69, 9.17) is 9.26 Å². The van der Waals surface area contributed by atoms with Gasteiger partial charge in [0.05, 0.1) is 30.5 Å². The van der Waals surface area contributed by atoms with Crippen molar-refractivity contribution in [3.05, 3.63) is 65.3 Å². The minimum Gasteiger partial charge on any atom is -0.488 e. The van der Waals surface area contributed by atoms with Gasteiger partial charge in [0.1, 0.15) is 29.1 Å². The molecule has 232 valence electrons. The van der Waals surface area contributed by atoms with Crippen molar-refractivity contribution in [2.24, 2.45) is 5.92 Å². The van der Waals surface area contributed by atoms with E-state index in [0.29, 0.717) is 28.5 Å². The van der Waals surface area contributed by atoms with Crippen LogP contribution in [0.1, 0.15) is 30.9 Å². The summed E-state index contributed by atoms with van der Waals surface area (Å²) >= 11 is 0. The monoisotopic (exact) mass is 617 g/mol. The number of aryl methyl sites for hydroxylation is 2. The molecule has 0 saturated heterocycles. The number of likely N-dealkylation sites (N-methyl/N-ethyl adjacent to an activating group) is 1. The van der Waals surface area contributed by atoms with Crippen molar-refractivity contribution in [2.45, 2.75) is 51.2 Å². The van der Waals surface area contributed by atoms with E-state index < -0.39 is 34.0 Å². The normalized spacial score (nSPS) is 18.0. The molecule has 3 atom stereocenters. The van der Waals surface area contributed by atoms with E-state index in [-0.39, 0.29) is 48.5 Å². The fourth-order valence-electron chi connectivity index (χ4n) is 4.76. The number of urea groups is 1. The molecular weight excluding hydrogens is 581 g/mol. The molecule has 1 aromatic heterocycles.